The van der Waals surface area contributed by atoms with Gasteiger partial charge < -0.3 is 0 Å². The third kappa shape index (κ3) is 3.72. The highest BCUT2D eigenvalue weighted by Crippen LogP contribution is 2.22. The lowest BCUT2D eigenvalue weighted by atomic mass is 10.1. The molecule has 5 aromatic rings. The molecule has 0 bridgehead atoms. The third-order valence-electron chi connectivity index (χ3n) is 5.67. The first kappa shape index (κ1) is 22.3. The second-order valence-electron chi connectivity index (χ2n) is 7.67. The zero-order chi connectivity index (χ0) is 24.5. The summed E-state index contributed by atoms with van der Waals surface area (Å²) in [5, 5.41) is 10.3. The van der Waals surface area contributed by atoms with Crippen LogP contribution in [0.1, 0.15) is 11.3 Å². The number of hydrogen-bond donors (Lipinski definition) is 0. The molecule has 0 spiro atoms. The summed E-state index contributed by atoms with van der Waals surface area (Å²) < 4.78 is 3.92. The maximum Gasteiger partial charge on any atom is 0.336 e. The molecule has 0 saturated carbocycles. The molecule has 2 aromatic carbocycles. The average Bonchev–Trinajstić information content (AvgIpc) is 3.29. The van der Waals surface area contributed by atoms with Gasteiger partial charge in [-0.2, -0.15) is 0 Å². The molecule has 170 valence electrons. The van der Waals surface area contributed by atoms with Crippen molar-refractivity contribution >= 4 is 37.7 Å². The molecule has 3 heterocycles. The summed E-state index contributed by atoms with van der Waals surface area (Å²) in [7, 11) is 0. The molecule has 0 aliphatic rings. The van der Waals surface area contributed by atoms with Crippen LogP contribution in [-0.4, -0.2) is 34.4 Å². The number of nitrogens with zero attached hydrogens (tertiary/aromatic N) is 6. The van der Waals surface area contributed by atoms with Crippen molar-refractivity contribution < 1.29 is 0 Å². The maximum absolute atomic E-state index is 13.9. The Bertz CT molecular complexity index is 1850. The van der Waals surface area contributed by atoms with Crippen LogP contribution in [0.5, 0.6) is 0 Å². The molecule has 0 aliphatic heterocycles. The average molecular weight is 525 g/mol. The highest BCUT2D eigenvalue weighted by Gasteiger charge is 2.22. The molecule has 0 aliphatic carbocycles. The molecule has 0 amide bonds. The van der Waals surface area contributed by atoms with Crippen LogP contribution < -0.4 is 11.2 Å². The number of halogens is 1. The van der Waals surface area contributed by atoms with Gasteiger partial charge in [-0.05, 0) is 31.2 Å². The lowest BCUT2D eigenvalue weighted by Gasteiger charge is -2.16. The highest BCUT2D eigenvalue weighted by atomic mass is 79.9. The molecule has 0 saturated heterocycles. The van der Waals surface area contributed by atoms with E-state index in [0.29, 0.717) is 33.1 Å². The Labute approximate surface area is 208 Å². The minimum atomic E-state index is -0.559. The van der Waals surface area contributed by atoms with E-state index in [0.717, 1.165) is 15.5 Å². The van der Waals surface area contributed by atoms with Crippen LogP contribution in [0, 0.1) is 31.1 Å². The van der Waals surface area contributed by atoms with E-state index in [2.05, 4.69) is 49.0 Å². The fourth-order valence-electron chi connectivity index (χ4n) is 4.06. The number of fused-ring (bicyclic) bond motifs is 2. The first-order valence-electron chi connectivity index (χ1n) is 10.6. The molecule has 0 N–H and O–H groups in total. The van der Waals surface area contributed by atoms with Crippen LogP contribution in [-0.2, 0) is 6.54 Å². The van der Waals surface area contributed by atoms with Gasteiger partial charge in [0, 0.05) is 22.5 Å². The number of hydrogen-bond acceptors (Lipinski definition) is 5. The van der Waals surface area contributed by atoms with E-state index in [1.165, 1.54) is 15.4 Å². The van der Waals surface area contributed by atoms with Gasteiger partial charge in [0.2, 0.25) is 0 Å². The van der Waals surface area contributed by atoms with Crippen molar-refractivity contribution in [2.75, 3.05) is 5.33 Å². The largest absolute Gasteiger partial charge is 0.336 e. The smallest absolute Gasteiger partial charge is 0.284 e. The molecular formula is C26H17BrN6O2. The SMILES string of the molecule is C#CCn1c(C)c(-n2nnc3ccccc32)c(=O)n(-c2cncc3cc(C#CCBr)ccc23)c1=O. The quantitative estimate of drug-likeness (QED) is 0.267. The van der Waals surface area contributed by atoms with Gasteiger partial charge in [-0.1, -0.05) is 57.1 Å². The molecule has 35 heavy (non-hydrogen) atoms. The van der Waals surface area contributed by atoms with Crippen LogP contribution in [0.3, 0.4) is 0 Å². The highest BCUT2D eigenvalue weighted by molar-refractivity contribution is 9.09. The zero-order valence-electron chi connectivity index (χ0n) is 18.6. The summed E-state index contributed by atoms with van der Waals surface area (Å²) in [6, 6.07) is 12.8. The number of pyridine rings is 1. The molecule has 3 aromatic heterocycles. The molecule has 0 unspecified atom stereocenters. The first-order chi connectivity index (χ1) is 17.0. The van der Waals surface area contributed by atoms with E-state index >= 15 is 0 Å². The van der Waals surface area contributed by atoms with Crippen molar-refractivity contribution in [2.24, 2.45) is 0 Å². The second-order valence-corrected chi connectivity index (χ2v) is 8.23. The van der Waals surface area contributed by atoms with Crippen molar-refractivity contribution in [1.29, 1.82) is 0 Å². The van der Waals surface area contributed by atoms with Crippen LogP contribution in [0.25, 0.3) is 33.2 Å². The predicted molar refractivity (Wildman–Crippen MR) is 138 cm³/mol. The molecule has 0 atom stereocenters. The van der Waals surface area contributed by atoms with E-state index in [9.17, 15) is 9.59 Å². The van der Waals surface area contributed by atoms with Gasteiger partial charge in [-0.15, -0.1) is 11.5 Å². The Morgan fingerprint density at radius 2 is 1.94 bits per heavy atom. The Morgan fingerprint density at radius 1 is 1.11 bits per heavy atom. The van der Waals surface area contributed by atoms with Crippen molar-refractivity contribution in [3.8, 4) is 35.6 Å². The summed E-state index contributed by atoms with van der Waals surface area (Å²) in [5.41, 5.74) is 1.87. The molecular weight excluding hydrogens is 508 g/mol. The van der Waals surface area contributed by atoms with Crippen LogP contribution >= 0.6 is 15.9 Å². The first-order valence-corrected chi connectivity index (χ1v) is 11.7. The normalized spacial score (nSPS) is 10.8. The van der Waals surface area contributed by atoms with Gasteiger partial charge in [0.1, 0.15) is 5.52 Å². The number of terminal acetylenes is 1. The standard InChI is InChI=1S/C26H17BrN6O2/c1-3-13-31-17(2)24(33-22-9-5-4-8-21(22)29-30-33)25(34)32(26(31)35)23-16-28-15-19-14-18(7-6-12-27)10-11-20(19)23/h1,4-5,8-11,14-16H,12-13H2,2H3. The number of alkyl halides is 1. The molecule has 0 fully saturated rings. The van der Waals surface area contributed by atoms with Gasteiger partial charge >= 0.3 is 5.69 Å². The van der Waals surface area contributed by atoms with E-state index in [4.69, 9.17) is 6.42 Å². The van der Waals surface area contributed by atoms with E-state index in [-0.39, 0.29) is 12.2 Å². The number of benzene rings is 2. The van der Waals surface area contributed by atoms with Crippen LogP contribution in [0.4, 0.5) is 0 Å². The summed E-state index contributed by atoms with van der Waals surface area (Å²) in [6.45, 7) is 1.65. The zero-order valence-corrected chi connectivity index (χ0v) is 20.2. The molecule has 9 heteroatoms. The Morgan fingerprint density at radius 3 is 2.74 bits per heavy atom. The minimum Gasteiger partial charge on any atom is -0.284 e. The monoisotopic (exact) mass is 524 g/mol. The number of para-hydroxylation sites is 1. The topological polar surface area (TPSA) is 87.6 Å². The summed E-state index contributed by atoms with van der Waals surface area (Å²) >= 11 is 3.29. The van der Waals surface area contributed by atoms with Crippen molar-refractivity contribution in [2.45, 2.75) is 13.5 Å². The number of rotatable bonds is 3. The van der Waals surface area contributed by atoms with Gasteiger partial charge in [0.25, 0.3) is 5.56 Å². The van der Waals surface area contributed by atoms with Gasteiger partial charge in [0.15, 0.2) is 5.69 Å². The Kier molecular flexibility index (Phi) is 5.77. The van der Waals surface area contributed by atoms with E-state index < -0.39 is 11.2 Å². The summed E-state index contributed by atoms with van der Waals surface area (Å²) in [5.74, 6) is 8.51. The van der Waals surface area contributed by atoms with Crippen molar-refractivity contribution in [3.05, 3.63) is 87.0 Å². The Hall–Kier alpha value is -4.47. The fraction of sp³-hybridized carbons (Fsp3) is 0.115. The maximum atomic E-state index is 13.9. The predicted octanol–water partition coefficient (Wildman–Crippen LogP) is 2.97. The summed E-state index contributed by atoms with van der Waals surface area (Å²) in [6.07, 6.45) is 8.73. The second kappa shape index (κ2) is 9.05. The van der Waals surface area contributed by atoms with Gasteiger partial charge in [-0.3, -0.25) is 14.3 Å². The van der Waals surface area contributed by atoms with Gasteiger partial charge in [0.05, 0.1) is 35.0 Å². The van der Waals surface area contributed by atoms with Gasteiger partial charge in [-0.25, -0.2) is 14.0 Å². The minimum absolute atomic E-state index is 0.0188. The lowest BCUT2D eigenvalue weighted by Crippen LogP contribution is -2.42. The third-order valence-corrected chi connectivity index (χ3v) is 5.95. The molecule has 0 radical (unpaired) electrons. The van der Waals surface area contributed by atoms with Crippen LogP contribution in [0.15, 0.2) is 64.4 Å². The van der Waals surface area contributed by atoms with E-state index in [1.54, 1.807) is 19.2 Å². The van der Waals surface area contributed by atoms with E-state index in [1.807, 2.05) is 36.4 Å². The fourth-order valence-corrected chi connectivity index (χ4v) is 4.20. The number of aromatic nitrogens is 6. The summed E-state index contributed by atoms with van der Waals surface area (Å²) in [4.78, 5) is 31.8. The molecule has 8 nitrogen and oxygen atoms in total. The molecule has 5 rings (SSSR count). The van der Waals surface area contributed by atoms with Crippen molar-refractivity contribution in [1.82, 2.24) is 29.1 Å². The van der Waals surface area contributed by atoms with Crippen LogP contribution in [0.2, 0.25) is 0 Å². The van der Waals surface area contributed by atoms with Crippen molar-refractivity contribution in [3.63, 3.8) is 0 Å². The Balaban J connectivity index is 1.86. The lowest BCUT2D eigenvalue weighted by molar-refractivity contribution is 0.657.